The van der Waals surface area contributed by atoms with Gasteiger partial charge in [-0.25, -0.2) is 4.79 Å². The summed E-state index contributed by atoms with van der Waals surface area (Å²) < 4.78 is 0. The number of nitrogens with one attached hydrogen (secondary N) is 1. The van der Waals surface area contributed by atoms with Crippen molar-refractivity contribution >= 4 is 17.9 Å². The van der Waals surface area contributed by atoms with Crippen LogP contribution in [-0.2, 0) is 9.59 Å². The molecule has 0 aliphatic heterocycles. The van der Waals surface area contributed by atoms with Crippen LogP contribution in [0.25, 0.3) is 0 Å². The number of aliphatic carboxylic acids is 1. The van der Waals surface area contributed by atoms with E-state index in [2.05, 4.69) is 5.32 Å². The van der Waals surface area contributed by atoms with Crippen LogP contribution < -0.4 is 5.32 Å². The fraction of sp³-hybridized carbons (Fsp3) is 0.727. The summed E-state index contributed by atoms with van der Waals surface area (Å²) in [5.41, 5.74) is 0. The Hall–Kier alpha value is -1.59. The fourth-order valence-electron chi connectivity index (χ4n) is 1.61. The number of rotatable bonds is 6. The Labute approximate surface area is 100.0 Å². The highest BCUT2D eigenvalue weighted by molar-refractivity contribution is 5.94. The van der Waals surface area contributed by atoms with Gasteiger partial charge in [-0.05, 0) is 26.2 Å². The van der Waals surface area contributed by atoms with Crippen molar-refractivity contribution in [1.82, 2.24) is 10.2 Å². The van der Waals surface area contributed by atoms with Gasteiger partial charge in [0.25, 0.3) is 0 Å². The maximum absolute atomic E-state index is 11.6. The lowest BCUT2D eigenvalue weighted by Crippen LogP contribution is -2.43. The van der Waals surface area contributed by atoms with Crippen molar-refractivity contribution in [1.29, 1.82) is 0 Å². The molecule has 0 spiro atoms. The van der Waals surface area contributed by atoms with Crippen LogP contribution in [0, 0.1) is 0 Å². The van der Waals surface area contributed by atoms with Crippen molar-refractivity contribution in [3.8, 4) is 0 Å². The van der Waals surface area contributed by atoms with Gasteiger partial charge >= 0.3 is 12.0 Å². The Morgan fingerprint density at radius 2 is 1.94 bits per heavy atom. The maximum atomic E-state index is 11.6. The molecular formula is C11H18N2O4. The van der Waals surface area contributed by atoms with Gasteiger partial charge in [-0.3, -0.25) is 14.9 Å². The molecule has 3 amide bonds. The summed E-state index contributed by atoms with van der Waals surface area (Å²) in [4.78, 5) is 34.9. The Morgan fingerprint density at radius 3 is 2.41 bits per heavy atom. The lowest BCUT2D eigenvalue weighted by molar-refractivity contribution is -0.137. The van der Waals surface area contributed by atoms with E-state index in [1.165, 1.54) is 0 Å². The molecule has 0 bridgehead atoms. The van der Waals surface area contributed by atoms with Crippen molar-refractivity contribution < 1.29 is 19.5 Å². The second-order valence-corrected chi connectivity index (χ2v) is 4.12. The Bertz CT molecular complexity index is 313. The fourth-order valence-corrected chi connectivity index (χ4v) is 1.61. The number of amides is 3. The molecule has 1 aliphatic rings. The monoisotopic (exact) mass is 242 g/mol. The molecule has 17 heavy (non-hydrogen) atoms. The van der Waals surface area contributed by atoms with E-state index in [9.17, 15) is 14.4 Å². The number of carbonyl (C=O) groups excluding carboxylic acids is 2. The smallest absolute Gasteiger partial charge is 0.324 e. The number of carbonyl (C=O) groups is 3. The molecule has 0 aromatic heterocycles. The molecular weight excluding hydrogens is 224 g/mol. The molecule has 6 heteroatoms. The topological polar surface area (TPSA) is 86.7 Å². The minimum Gasteiger partial charge on any atom is -0.481 e. The standard InChI is InChI=1S/C11H18N2O4/c1-2-13(8-6-7-8)11(17)12-9(14)4-3-5-10(15)16/h8H,2-7H2,1H3,(H,15,16)(H,12,14,17). The molecule has 0 aromatic rings. The van der Waals surface area contributed by atoms with Gasteiger partial charge in [0.05, 0.1) is 0 Å². The molecule has 0 heterocycles. The normalized spacial score (nSPS) is 14.2. The van der Waals surface area contributed by atoms with E-state index in [4.69, 9.17) is 5.11 Å². The van der Waals surface area contributed by atoms with Gasteiger partial charge in [-0.1, -0.05) is 0 Å². The van der Waals surface area contributed by atoms with Gasteiger partial charge in [-0.15, -0.1) is 0 Å². The van der Waals surface area contributed by atoms with E-state index in [1.54, 1.807) is 4.90 Å². The van der Waals surface area contributed by atoms with E-state index in [1.807, 2.05) is 6.92 Å². The van der Waals surface area contributed by atoms with Crippen LogP contribution in [0.3, 0.4) is 0 Å². The van der Waals surface area contributed by atoms with Crippen LogP contribution in [0.2, 0.25) is 0 Å². The van der Waals surface area contributed by atoms with E-state index < -0.39 is 11.9 Å². The first-order valence-electron chi connectivity index (χ1n) is 5.86. The van der Waals surface area contributed by atoms with Crippen LogP contribution in [0.5, 0.6) is 0 Å². The average Bonchev–Trinajstić information content (AvgIpc) is 3.02. The summed E-state index contributed by atoms with van der Waals surface area (Å²) in [5.74, 6) is -1.34. The van der Waals surface area contributed by atoms with Crippen LogP contribution in [0.1, 0.15) is 39.0 Å². The molecule has 1 aliphatic carbocycles. The van der Waals surface area contributed by atoms with E-state index >= 15 is 0 Å². The van der Waals surface area contributed by atoms with E-state index in [-0.39, 0.29) is 31.3 Å². The molecule has 96 valence electrons. The SMILES string of the molecule is CCN(C(=O)NC(=O)CCCC(=O)O)C1CC1. The number of imide groups is 1. The third-order valence-electron chi connectivity index (χ3n) is 2.63. The molecule has 0 aromatic carbocycles. The maximum Gasteiger partial charge on any atom is 0.324 e. The number of hydrogen-bond acceptors (Lipinski definition) is 3. The first-order chi connectivity index (χ1) is 8.04. The second-order valence-electron chi connectivity index (χ2n) is 4.12. The third-order valence-corrected chi connectivity index (χ3v) is 2.63. The molecule has 0 radical (unpaired) electrons. The zero-order chi connectivity index (χ0) is 12.8. The molecule has 0 atom stereocenters. The number of hydrogen-bond donors (Lipinski definition) is 2. The lowest BCUT2D eigenvalue weighted by Gasteiger charge is -2.20. The zero-order valence-corrected chi connectivity index (χ0v) is 9.94. The minimum atomic E-state index is -0.933. The highest BCUT2D eigenvalue weighted by Gasteiger charge is 2.31. The summed E-state index contributed by atoms with van der Waals surface area (Å²) in [6, 6.07) is -0.0952. The van der Waals surface area contributed by atoms with Crippen LogP contribution >= 0.6 is 0 Å². The predicted octanol–water partition coefficient (Wildman–Crippen LogP) is 0.962. The Morgan fingerprint density at radius 1 is 1.29 bits per heavy atom. The van der Waals surface area contributed by atoms with E-state index in [0.29, 0.717) is 6.54 Å². The predicted molar refractivity (Wildman–Crippen MR) is 60.4 cm³/mol. The zero-order valence-electron chi connectivity index (χ0n) is 9.94. The number of urea groups is 1. The van der Waals surface area contributed by atoms with Crippen LogP contribution in [0.4, 0.5) is 4.79 Å². The number of carboxylic acid groups (broad SMARTS) is 1. The molecule has 1 rings (SSSR count). The molecule has 2 N–H and O–H groups in total. The van der Waals surface area contributed by atoms with Gasteiger partial charge in [0.1, 0.15) is 0 Å². The number of carboxylic acids is 1. The lowest BCUT2D eigenvalue weighted by atomic mass is 10.2. The highest BCUT2D eigenvalue weighted by Crippen LogP contribution is 2.26. The highest BCUT2D eigenvalue weighted by atomic mass is 16.4. The Balaban J connectivity index is 2.24. The summed E-state index contributed by atoms with van der Waals surface area (Å²) >= 11 is 0. The van der Waals surface area contributed by atoms with Crippen molar-refractivity contribution in [2.75, 3.05) is 6.54 Å². The largest absolute Gasteiger partial charge is 0.481 e. The van der Waals surface area contributed by atoms with Gasteiger partial charge in [0.15, 0.2) is 0 Å². The van der Waals surface area contributed by atoms with Gasteiger partial charge in [0.2, 0.25) is 5.91 Å². The average molecular weight is 242 g/mol. The van der Waals surface area contributed by atoms with Gasteiger partial charge in [-0.2, -0.15) is 0 Å². The third kappa shape index (κ3) is 4.84. The first-order valence-corrected chi connectivity index (χ1v) is 5.86. The van der Waals surface area contributed by atoms with Gasteiger partial charge < -0.3 is 10.0 Å². The minimum absolute atomic E-state index is 0.0538. The molecule has 1 saturated carbocycles. The summed E-state index contributed by atoms with van der Waals surface area (Å²) in [6.45, 7) is 2.45. The molecule has 0 saturated heterocycles. The number of nitrogens with zero attached hydrogens (tertiary/aromatic N) is 1. The van der Waals surface area contributed by atoms with Gasteiger partial charge in [0, 0.05) is 25.4 Å². The molecule has 6 nitrogen and oxygen atoms in total. The van der Waals surface area contributed by atoms with Crippen molar-refractivity contribution in [3.63, 3.8) is 0 Å². The summed E-state index contributed by atoms with van der Waals surface area (Å²) in [5, 5.41) is 10.7. The van der Waals surface area contributed by atoms with Crippen molar-refractivity contribution in [3.05, 3.63) is 0 Å². The quantitative estimate of drug-likeness (QED) is 0.726. The van der Waals surface area contributed by atoms with Crippen molar-refractivity contribution in [2.24, 2.45) is 0 Å². The second kappa shape index (κ2) is 6.22. The van der Waals surface area contributed by atoms with Crippen LogP contribution in [-0.4, -0.2) is 40.5 Å². The van der Waals surface area contributed by atoms with Crippen molar-refractivity contribution in [2.45, 2.75) is 45.1 Å². The summed E-state index contributed by atoms with van der Waals surface area (Å²) in [6.07, 6.45) is 2.26. The summed E-state index contributed by atoms with van der Waals surface area (Å²) in [7, 11) is 0. The van der Waals surface area contributed by atoms with Crippen LogP contribution in [0.15, 0.2) is 0 Å². The molecule has 1 fully saturated rings. The Kier molecular flexibility index (Phi) is 4.93. The molecule has 0 unspecified atom stereocenters. The van der Waals surface area contributed by atoms with E-state index in [0.717, 1.165) is 12.8 Å². The first kappa shape index (κ1) is 13.5.